The second-order valence-corrected chi connectivity index (χ2v) is 2.09. The Bertz CT molecular complexity index is 84.5. The Hall–Kier alpha value is -0.660. The second kappa shape index (κ2) is 3.36. The molecule has 0 aliphatic carbocycles. The van der Waals surface area contributed by atoms with Gasteiger partial charge in [0.1, 0.15) is 0 Å². The van der Waals surface area contributed by atoms with Gasteiger partial charge in [0, 0.05) is 18.9 Å². The molecule has 0 rings (SSSR count). The standard InChI is InChI=1S/C6H14N2/c1-5(2)6(7)4-8-3/h4-5,8H,7H2,1-3H3/b6-4-. The van der Waals surface area contributed by atoms with Crippen molar-refractivity contribution in [2.75, 3.05) is 7.05 Å². The highest BCUT2D eigenvalue weighted by Gasteiger charge is 1.92. The smallest absolute Gasteiger partial charge is 0.0266 e. The number of nitrogens with two attached hydrogens (primary N) is 1. The van der Waals surface area contributed by atoms with Gasteiger partial charge in [-0.2, -0.15) is 0 Å². The first-order valence-electron chi connectivity index (χ1n) is 2.81. The first-order valence-corrected chi connectivity index (χ1v) is 2.81. The Kier molecular flexibility index (Phi) is 3.08. The van der Waals surface area contributed by atoms with Crippen LogP contribution >= 0.6 is 0 Å². The second-order valence-electron chi connectivity index (χ2n) is 2.09. The molecule has 0 saturated carbocycles. The molecular weight excluding hydrogens is 100 g/mol. The lowest BCUT2D eigenvalue weighted by Crippen LogP contribution is -2.09. The third kappa shape index (κ3) is 2.50. The molecule has 0 amide bonds. The monoisotopic (exact) mass is 114 g/mol. The van der Waals surface area contributed by atoms with Crippen LogP contribution in [0.15, 0.2) is 11.9 Å². The van der Waals surface area contributed by atoms with E-state index in [2.05, 4.69) is 19.2 Å². The molecule has 0 saturated heterocycles. The average Bonchev–Trinajstić information content (AvgIpc) is 1.67. The topological polar surface area (TPSA) is 38.0 Å². The Labute approximate surface area is 50.8 Å². The number of allylic oxidation sites excluding steroid dienone is 1. The quantitative estimate of drug-likeness (QED) is 0.553. The molecule has 0 aromatic carbocycles. The van der Waals surface area contributed by atoms with E-state index in [0.717, 1.165) is 5.70 Å². The molecule has 0 aromatic heterocycles. The molecule has 0 atom stereocenters. The lowest BCUT2D eigenvalue weighted by Gasteiger charge is -2.02. The van der Waals surface area contributed by atoms with Crippen LogP contribution in [-0.4, -0.2) is 7.05 Å². The third-order valence-electron chi connectivity index (χ3n) is 0.978. The van der Waals surface area contributed by atoms with Gasteiger partial charge in [0.15, 0.2) is 0 Å². The Morgan fingerprint density at radius 3 is 2.25 bits per heavy atom. The Morgan fingerprint density at radius 1 is 1.62 bits per heavy atom. The van der Waals surface area contributed by atoms with E-state index in [9.17, 15) is 0 Å². The van der Waals surface area contributed by atoms with Crippen LogP contribution < -0.4 is 11.1 Å². The summed E-state index contributed by atoms with van der Waals surface area (Å²) in [4.78, 5) is 0. The summed E-state index contributed by atoms with van der Waals surface area (Å²) in [6.07, 6.45) is 1.81. The highest BCUT2D eigenvalue weighted by molar-refractivity contribution is 4.96. The zero-order valence-corrected chi connectivity index (χ0v) is 5.73. The number of nitrogens with one attached hydrogen (secondary N) is 1. The van der Waals surface area contributed by atoms with Gasteiger partial charge in [0.2, 0.25) is 0 Å². The molecule has 0 aliphatic rings. The maximum Gasteiger partial charge on any atom is 0.0266 e. The molecule has 0 radical (unpaired) electrons. The zero-order chi connectivity index (χ0) is 6.57. The first kappa shape index (κ1) is 7.34. The normalized spacial score (nSPS) is 12.2. The predicted octanol–water partition coefficient (Wildman–Crippen LogP) is 0.662. The third-order valence-corrected chi connectivity index (χ3v) is 0.978. The lowest BCUT2D eigenvalue weighted by atomic mass is 10.2. The number of hydrogen-bond acceptors (Lipinski definition) is 2. The van der Waals surface area contributed by atoms with Crippen LogP contribution in [0.25, 0.3) is 0 Å². The van der Waals surface area contributed by atoms with Crippen molar-refractivity contribution in [3.8, 4) is 0 Å². The van der Waals surface area contributed by atoms with Gasteiger partial charge >= 0.3 is 0 Å². The fraction of sp³-hybridized carbons (Fsp3) is 0.667. The van der Waals surface area contributed by atoms with Crippen LogP contribution in [-0.2, 0) is 0 Å². The van der Waals surface area contributed by atoms with Crippen molar-refractivity contribution in [1.29, 1.82) is 0 Å². The van der Waals surface area contributed by atoms with E-state index in [1.54, 1.807) is 0 Å². The highest BCUT2D eigenvalue weighted by atomic mass is 14.8. The van der Waals surface area contributed by atoms with E-state index in [1.165, 1.54) is 0 Å². The number of hydrogen-bond donors (Lipinski definition) is 2. The van der Waals surface area contributed by atoms with Crippen molar-refractivity contribution in [1.82, 2.24) is 5.32 Å². The molecule has 3 N–H and O–H groups in total. The van der Waals surface area contributed by atoms with E-state index >= 15 is 0 Å². The maximum atomic E-state index is 5.53. The van der Waals surface area contributed by atoms with Crippen LogP contribution in [0.2, 0.25) is 0 Å². The van der Waals surface area contributed by atoms with E-state index < -0.39 is 0 Å². The molecule has 8 heavy (non-hydrogen) atoms. The highest BCUT2D eigenvalue weighted by Crippen LogP contribution is 1.98. The number of rotatable bonds is 2. The van der Waals surface area contributed by atoms with Crippen LogP contribution in [0.3, 0.4) is 0 Å². The van der Waals surface area contributed by atoms with Gasteiger partial charge in [-0.15, -0.1) is 0 Å². The van der Waals surface area contributed by atoms with Crippen molar-refractivity contribution in [2.45, 2.75) is 13.8 Å². The SMILES string of the molecule is CN/C=C(\N)C(C)C. The molecule has 0 unspecified atom stereocenters. The van der Waals surface area contributed by atoms with E-state index in [0.29, 0.717) is 5.92 Å². The van der Waals surface area contributed by atoms with Crippen molar-refractivity contribution in [3.05, 3.63) is 11.9 Å². The fourth-order valence-electron chi connectivity index (χ4n) is 0.333. The first-order chi connectivity index (χ1) is 3.68. The van der Waals surface area contributed by atoms with Gasteiger partial charge in [-0.25, -0.2) is 0 Å². The summed E-state index contributed by atoms with van der Waals surface area (Å²) in [6, 6.07) is 0. The summed E-state index contributed by atoms with van der Waals surface area (Å²) in [5, 5.41) is 2.86. The average molecular weight is 114 g/mol. The fourth-order valence-corrected chi connectivity index (χ4v) is 0.333. The van der Waals surface area contributed by atoms with Gasteiger partial charge < -0.3 is 11.1 Å². The molecule has 2 heteroatoms. The van der Waals surface area contributed by atoms with Crippen molar-refractivity contribution in [2.24, 2.45) is 11.7 Å². The summed E-state index contributed by atoms with van der Waals surface area (Å²) in [7, 11) is 1.84. The van der Waals surface area contributed by atoms with E-state index in [4.69, 9.17) is 5.73 Å². The van der Waals surface area contributed by atoms with Gasteiger partial charge in [-0.1, -0.05) is 13.8 Å². The molecule has 0 aromatic rings. The minimum Gasteiger partial charge on any atom is -0.401 e. The van der Waals surface area contributed by atoms with E-state index in [-0.39, 0.29) is 0 Å². The van der Waals surface area contributed by atoms with Crippen LogP contribution in [0, 0.1) is 5.92 Å². The molecule has 0 aliphatic heterocycles. The summed E-state index contributed by atoms with van der Waals surface area (Å²) >= 11 is 0. The summed E-state index contributed by atoms with van der Waals surface area (Å²) in [5.74, 6) is 0.447. The van der Waals surface area contributed by atoms with E-state index in [1.807, 2.05) is 13.2 Å². The van der Waals surface area contributed by atoms with Gasteiger partial charge in [-0.05, 0) is 5.92 Å². The summed E-state index contributed by atoms with van der Waals surface area (Å²) < 4.78 is 0. The van der Waals surface area contributed by atoms with Crippen molar-refractivity contribution < 1.29 is 0 Å². The molecule has 0 bridgehead atoms. The molecule has 48 valence electrons. The molecule has 0 spiro atoms. The largest absolute Gasteiger partial charge is 0.401 e. The molecule has 0 fully saturated rings. The Morgan fingerprint density at radius 2 is 2.12 bits per heavy atom. The van der Waals surface area contributed by atoms with Gasteiger partial charge in [0.05, 0.1) is 0 Å². The van der Waals surface area contributed by atoms with Crippen molar-refractivity contribution in [3.63, 3.8) is 0 Å². The van der Waals surface area contributed by atoms with Gasteiger partial charge in [0.25, 0.3) is 0 Å². The van der Waals surface area contributed by atoms with Crippen molar-refractivity contribution >= 4 is 0 Å². The zero-order valence-electron chi connectivity index (χ0n) is 5.73. The predicted molar refractivity (Wildman–Crippen MR) is 36.2 cm³/mol. The van der Waals surface area contributed by atoms with Crippen LogP contribution in [0.1, 0.15) is 13.8 Å². The Balaban J connectivity index is 3.61. The van der Waals surface area contributed by atoms with Crippen LogP contribution in [0.5, 0.6) is 0 Å². The minimum atomic E-state index is 0.447. The summed E-state index contributed by atoms with van der Waals surface area (Å²) in [5.41, 5.74) is 6.42. The molecular formula is C6H14N2. The molecule has 0 heterocycles. The summed E-state index contributed by atoms with van der Waals surface area (Å²) in [6.45, 7) is 4.12. The lowest BCUT2D eigenvalue weighted by molar-refractivity contribution is 0.745. The van der Waals surface area contributed by atoms with Crippen LogP contribution in [0.4, 0.5) is 0 Å². The minimum absolute atomic E-state index is 0.447. The maximum absolute atomic E-state index is 5.53. The molecule has 2 nitrogen and oxygen atoms in total. The van der Waals surface area contributed by atoms with Gasteiger partial charge in [-0.3, -0.25) is 0 Å².